The van der Waals surface area contributed by atoms with Gasteiger partial charge in [0, 0.05) is 28.2 Å². The molecule has 24 heavy (non-hydrogen) atoms. The molecule has 5 rings (SSSR count). The van der Waals surface area contributed by atoms with Crippen LogP contribution in [0.25, 0.3) is 21.7 Å². The van der Waals surface area contributed by atoms with Crippen LogP contribution in [-0.4, -0.2) is 11.5 Å². The Labute approximate surface area is 145 Å². The summed E-state index contributed by atoms with van der Waals surface area (Å²) in [7, 11) is 0. The fourth-order valence-electron chi connectivity index (χ4n) is 3.87. The lowest BCUT2D eigenvalue weighted by Gasteiger charge is -2.25. The highest BCUT2D eigenvalue weighted by atomic mass is 35.5. The van der Waals surface area contributed by atoms with Crippen LogP contribution < -0.4 is 5.32 Å². The van der Waals surface area contributed by atoms with Gasteiger partial charge in [-0.05, 0) is 52.6 Å². The monoisotopic (exact) mass is 332 g/mol. The summed E-state index contributed by atoms with van der Waals surface area (Å²) in [5.41, 5.74) is 5.13. The van der Waals surface area contributed by atoms with E-state index in [2.05, 4.69) is 64.9 Å². The Morgan fingerprint density at radius 2 is 1.79 bits per heavy atom. The summed E-state index contributed by atoms with van der Waals surface area (Å²) in [6.45, 7) is 0.976. The maximum absolute atomic E-state index is 6.21. The van der Waals surface area contributed by atoms with Gasteiger partial charge in [0.2, 0.25) is 0 Å². The summed E-state index contributed by atoms with van der Waals surface area (Å²) < 4.78 is 0. The molecule has 1 unspecified atom stereocenters. The van der Waals surface area contributed by atoms with Crippen LogP contribution >= 0.6 is 11.6 Å². The van der Waals surface area contributed by atoms with Crippen molar-refractivity contribution in [2.24, 2.45) is 0 Å². The van der Waals surface area contributed by atoms with E-state index in [1.54, 1.807) is 0 Å². The predicted octanol–water partition coefficient (Wildman–Crippen LogP) is 5.21. The molecule has 0 bridgehead atoms. The van der Waals surface area contributed by atoms with Crippen LogP contribution in [0.1, 0.15) is 22.9 Å². The Hall–Kier alpha value is -2.29. The molecule has 118 valence electrons. The maximum atomic E-state index is 6.21. The Kier molecular flexibility index (Phi) is 3.15. The molecule has 0 amide bonds. The minimum absolute atomic E-state index is 0.199. The fraction of sp³-hybridized carbons (Fsp3) is 0.143. The van der Waals surface area contributed by atoms with Gasteiger partial charge < -0.3 is 10.3 Å². The van der Waals surface area contributed by atoms with E-state index in [9.17, 15) is 0 Å². The number of nitrogens with one attached hydrogen (secondary N) is 2. The Morgan fingerprint density at radius 1 is 0.917 bits per heavy atom. The number of aromatic nitrogens is 1. The Balaban J connectivity index is 1.69. The standard InChI is InChI=1S/C21H17ClN2/c22-16-7-8-19-18(12-16)17-9-10-23-20(21(17)24-19)15-6-5-13-3-1-2-4-14(13)11-15/h1-8,11-12,20,23-24H,9-10H2. The van der Waals surface area contributed by atoms with Gasteiger partial charge in [-0.15, -0.1) is 0 Å². The highest BCUT2D eigenvalue weighted by Gasteiger charge is 2.25. The van der Waals surface area contributed by atoms with E-state index in [1.807, 2.05) is 6.07 Å². The summed E-state index contributed by atoms with van der Waals surface area (Å²) in [6, 6.07) is 21.5. The molecule has 1 aliphatic rings. The van der Waals surface area contributed by atoms with Gasteiger partial charge in [-0.1, -0.05) is 48.0 Å². The summed E-state index contributed by atoms with van der Waals surface area (Å²) >= 11 is 6.21. The zero-order chi connectivity index (χ0) is 16.1. The molecule has 0 spiro atoms. The highest BCUT2D eigenvalue weighted by Crippen LogP contribution is 2.35. The number of benzene rings is 3. The normalized spacial score (nSPS) is 17.3. The summed E-state index contributed by atoms with van der Waals surface area (Å²) in [5, 5.41) is 8.28. The first-order valence-electron chi connectivity index (χ1n) is 8.32. The molecule has 2 nitrogen and oxygen atoms in total. The van der Waals surface area contributed by atoms with Crippen molar-refractivity contribution in [3.05, 3.63) is 82.5 Å². The lowest BCUT2D eigenvalue weighted by Crippen LogP contribution is -2.30. The first kappa shape index (κ1) is 14.1. The van der Waals surface area contributed by atoms with Crippen molar-refractivity contribution in [2.75, 3.05) is 6.54 Å². The number of H-pyrrole nitrogens is 1. The van der Waals surface area contributed by atoms with Gasteiger partial charge in [-0.25, -0.2) is 0 Å². The van der Waals surface area contributed by atoms with E-state index in [-0.39, 0.29) is 6.04 Å². The van der Waals surface area contributed by atoms with Crippen molar-refractivity contribution in [2.45, 2.75) is 12.5 Å². The molecular formula is C21H17ClN2. The van der Waals surface area contributed by atoms with Gasteiger partial charge in [-0.3, -0.25) is 0 Å². The molecule has 0 saturated heterocycles. The molecule has 3 heteroatoms. The summed E-state index contributed by atoms with van der Waals surface area (Å²) in [5.74, 6) is 0. The third-order valence-electron chi connectivity index (χ3n) is 5.02. The number of aromatic amines is 1. The number of halogens is 1. The Morgan fingerprint density at radius 3 is 2.71 bits per heavy atom. The van der Waals surface area contributed by atoms with E-state index in [0.717, 1.165) is 18.0 Å². The zero-order valence-electron chi connectivity index (χ0n) is 13.1. The van der Waals surface area contributed by atoms with Crippen LogP contribution in [0.4, 0.5) is 0 Å². The van der Waals surface area contributed by atoms with Crippen molar-refractivity contribution in [1.29, 1.82) is 0 Å². The number of fused-ring (bicyclic) bond motifs is 4. The van der Waals surface area contributed by atoms with Gasteiger partial charge in [0.05, 0.1) is 6.04 Å². The first-order valence-corrected chi connectivity index (χ1v) is 8.69. The minimum Gasteiger partial charge on any atom is -0.357 e. The van der Waals surface area contributed by atoms with Crippen molar-refractivity contribution >= 4 is 33.3 Å². The SMILES string of the molecule is Clc1ccc2[nH]c3c(c2c1)CCNC3c1ccc2ccccc2c1. The van der Waals surface area contributed by atoms with Gasteiger partial charge >= 0.3 is 0 Å². The molecule has 1 atom stereocenters. The van der Waals surface area contributed by atoms with E-state index in [0.29, 0.717) is 0 Å². The largest absolute Gasteiger partial charge is 0.357 e. The van der Waals surface area contributed by atoms with Crippen LogP contribution in [0.3, 0.4) is 0 Å². The predicted molar refractivity (Wildman–Crippen MR) is 101 cm³/mol. The minimum atomic E-state index is 0.199. The fourth-order valence-corrected chi connectivity index (χ4v) is 4.04. The van der Waals surface area contributed by atoms with Crippen molar-refractivity contribution in [1.82, 2.24) is 10.3 Å². The van der Waals surface area contributed by atoms with Crippen LogP contribution in [0.15, 0.2) is 60.7 Å². The zero-order valence-corrected chi connectivity index (χ0v) is 13.9. The Bertz CT molecular complexity index is 1060. The summed E-state index contributed by atoms with van der Waals surface area (Å²) in [6.07, 6.45) is 1.03. The van der Waals surface area contributed by atoms with Gasteiger partial charge in [0.1, 0.15) is 0 Å². The molecule has 2 N–H and O–H groups in total. The summed E-state index contributed by atoms with van der Waals surface area (Å²) in [4.78, 5) is 3.62. The lowest BCUT2D eigenvalue weighted by atomic mass is 9.93. The van der Waals surface area contributed by atoms with Crippen LogP contribution in [-0.2, 0) is 6.42 Å². The number of hydrogen-bond donors (Lipinski definition) is 2. The van der Waals surface area contributed by atoms with Gasteiger partial charge in [0.25, 0.3) is 0 Å². The second kappa shape index (κ2) is 5.37. The topological polar surface area (TPSA) is 27.8 Å². The van der Waals surface area contributed by atoms with E-state index >= 15 is 0 Å². The highest BCUT2D eigenvalue weighted by molar-refractivity contribution is 6.31. The molecule has 0 aliphatic carbocycles. The third-order valence-corrected chi connectivity index (χ3v) is 5.26. The first-order chi connectivity index (χ1) is 11.8. The van der Waals surface area contributed by atoms with Crippen LogP contribution in [0.2, 0.25) is 5.02 Å². The second-order valence-electron chi connectivity index (χ2n) is 6.45. The average Bonchev–Trinajstić information content (AvgIpc) is 2.99. The molecule has 0 fully saturated rings. The molecule has 1 aliphatic heterocycles. The molecule has 0 radical (unpaired) electrons. The van der Waals surface area contributed by atoms with E-state index < -0.39 is 0 Å². The number of rotatable bonds is 1. The van der Waals surface area contributed by atoms with Crippen LogP contribution in [0.5, 0.6) is 0 Å². The second-order valence-corrected chi connectivity index (χ2v) is 6.89. The maximum Gasteiger partial charge on any atom is 0.0732 e. The smallest absolute Gasteiger partial charge is 0.0732 e. The van der Waals surface area contributed by atoms with Gasteiger partial charge in [0.15, 0.2) is 0 Å². The quantitative estimate of drug-likeness (QED) is 0.492. The van der Waals surface area contributed by atoms with E-state index in [1.165, 1.54) is 38.5 Å². The number of hydrogen-bond acceptors (Lipinski definition) is 1. The van der Waals surface area contributed by atoms with Crippen molar-refractivity contribution in [3.63, 3.8) is 0 Å². The van der Waals surface area contributed by atoms with Crippen molar-refractivity contribution < 1.29 is 0 Å². The molecule has 3 aromatic carbocycles. The molecule has 2 heterocycles. The van der Waals surface area contributed by atoms with Crippen LogP contribution in [0, 0.1) is 0 Å². The molecular weight excluding hydrogens is 316 g/mol. The van der Waals surface area contributed by atoms with E-state index in [4.69, 9.17) is 11.6 Å². The lowest BCUT2D eigenvalue weighted by molar-refractivity contribution is 0.561. The third kappa shape index (κ3) is 2.15. The van der Waals surface area contributed by atoms with Gasteiger partial charge in [-0.2, -0.15) is 0 Å². The van der Waals surface area contributed by atoms with Crippen molar-refractivity contribution in [3.8, 4) is 0 Å². The molecule has 1 aromatic heterocycles. The average molecular weight is 333 g/mol. The molecule has 4 aromatic rings. The molecule has 0 saturated carbocycles.